The first kappa shape index (κ1) is 16.9. The van der Waals surface area contributed by atoms with Gasteiger partial charge in [0.15, 0.2) is 0 Å². The molecule has 0 aromatic heterocycles. The molecule has 20 heavy (non-hydrogen) atoms. The van der Waals surface area contributed by atoms with E-state index in [1.54, 1.807) is 18.2 Å². The number of hydrogen-bond donors (Lipinski definition) is 2. The molecular weight excluding hydrogens is 276 g/mol. The zero-order chi connectivity index (χ0) is 15.2. The van der Waals surface area contributed by atoms with Crippen LogP contribution in [0.25, 0.3) is 0 Å². The molecule has 0 fully saturated rings. The van der Waals surface area contributed by atoms with Crippen molar-refractivity contribution in [2.45, 2.75) is 51.1 Å². The SMILES string of the molecule is CCOc1ccc(S(=O)(=O)NC(CC)CC)cc1CN. The van der Waals surface area contributed by atoms with Crippen molar-refractivity contribution in [1.82, 2.24) is 4.72 Å². The van der Waals surface area contributed by atoms with E-state index < -0.39 is 10.0 Å². The molecule has 0 spiro atoms. The molecule has 0 aliphatic rings. The summed E-state index contributed by atoms with van der Waals surface area (Å²) in [5, 5.41) is 0. The molecule has 0 radical (unpaired) electrons. The van der Waals surface area contributed by atoms with Crippen LogP contribution in [0.5, 0.6) is 5.75 Å². The Morgan fingerprint density at radius 3 is 2.40 bits per heavy atom. The number of hydrogen-bond acceptors (Lipinski definition) is 4. The number of benzene rings is 1. The Bertz CT molecular complexity index is 525. The number of sulfonamides is 1. The molecule has 114 valence electrons. The van der Waals surface area contributed by atoms with Gasteiger partial charge in [-0.2, -0.15) is 0 Å². The van der Waals surface area contributed by atoms with Gasteiger partial charge < -0.3 is 10.5 Å². The van der Waals surface area contributed by atoms with Crippen LogP contribution >= 0.6 is 0 Å². The van der Waals surface area contributed by atoms with Gasteiger partial charge in [-0.15, -0.1) is 0 Å². The number of ether oxygens (including phenoxy) is 1. The maximum Gasteiger partial charge on any atom is 0.240 e. The maximum atomic E-state index is 12.3. The summed E-state index contributed by atoms with van der Waals surface area (Å²) in [6, 6.07) is 4.74. The lowest BCUT2D eigenvalue weighted by molar-refractivity contribution is 0.336. The van der Waals surface area contributed by atoms with Crippen molar-refractivity contribution in [2.75, 3.05) is 6.61 Å². The summed E-state index contributed by atoms with van der Waals surface area (Å²) < 4.78 is 32.7. The molecule has 5 nitrogen and oxygen atoms in total. The molecule has 0 aliphatic carbocycles. The molecule has 0 amide bonds. The Hall–Kier alpha value is -1.11. The Morgan fingerprint density at radius 1 is 1.25 bits per heavy atom. The zero-order valence-corrected chi connectivity index (χ0v) is 13.2. The highest BCUT2D eigenvalue weighted by Crippen LogP contribution is 2.22. The Morgan fingerprint density at radius 2 is 1.90 bits per heavy atom. The van der Waals surface area contributed by atoms with Crippen molar-refractivity contribution in [2.24, 2.45) is 5.73 Å². The Balaban J connectivity index is 3.06. The lowest BCUT2D eigenvalue weighted by atomic mass is 10.2. The third-order valence-corrected chi connectivity index (χ3v) is 4.69. The molecule has 0 heterocycles. The molecule has 0 atom stereocenters. The average molecular weight is 300 g/mol. The van der Waals surface area contributed by atoms with Crippen LogP contribution in [-0.4, -0.2) is 21.1 Å². The second kappa shape index (κ2) is 7.61. The van der Waals surface area contributed by atoms with Gasteiger partial charge in [0.2, 0.25) is 10.0 Å². The summed E-state index contributed by atoms with van der Waals surface area (Å²) in [4.78, 5) is 0.230. The highest BCUT2D eigenvalue weighted by Gasteiger charge is 2.19. The van der Waals surface area contributed by atoms with E-state index >= 15 is 0 Å². The molecule has 0 saturated carbocycles. The summed E-state index contributed by atoms with van der Waals surface area (Å²) >= 11 is 0. The van der Waals surface area contributed by atoms with Gasteiger partial charge in [-0.1, -0.05) is 13.8 Å². The molecule has 6 heteroatoms. The Labute approximate surface area is 121 Å². The number of rotatable bonds is 8. The van der Waals surface area contributed by atoms with Crippen molar-refractivity contribution in [3.05, 3.63) is 23.8 Å². The molecule has 1 rings (SSSR count). The third kappa shape index (κ3) is 4.19. The highest BCUT2D eigenvalue weighted by atomic mass is 32.2. The highest BCUT2D eigenvalue weighted by molar-refractivity contribution is 7.89. The van der Waals surface area contributed by atoms with E-state index in [-0.39, 0.29) is 17.5 Å². The van der Waals surface area contributed by atoms with E-state index in [4.69, 9.17) is 10.5 Å². The van der Waals surface area contributed by atoms with E-state index in [0.29, 0.717) is 17.9 Å². The first-order chi connectivity index (χ1) is 9.48. The summed E-state index contributed by atoms with van der Waals surface area (Å²) in [5.74, 6) is 0.636. The zero-order valence-electron chi connectivity index (χ0n) is 12.3. The first-order valence-electron chi connectivity index (χ1n) is 6.96. The van der Waals surface area contributed by atoms with Crippen LogP contribution in [0.4, 0.5) is 0 Å². The van der Waals surface area contributed by atoms with E-state index in [9.17, 15) is 8.42 Å². The topological polar surface area (TPSA) is 81.4 Å². The van der Waals surface area contributed by atoms with Crippen molar-refractivity contribution in [1.29, 1.82) is 0 Å². The normalized spacial score (nSPS) is 11.8. The predicted molar refractivity (Wildman–Crippen MR) is 80.2 cm³/mol. The summed E-state index contributed by atoms with van der Waals surface area (Å²) in [6.07, 6.45) is 1.52. The molecule has 3 N–H and O–H groups in total. The summed E-state index contributed by atoms with van der Waals surface area (Å²) in [5.41, 5.74) is 6.35. The van der Waals surface area contributed by atoms with Crippen LogP contribution in [0, 0.1) is 0 Å². The fourth-order valence-electron chi connectivity index (χ4n) is 1.92. The van der Waals surface area contributed by atoms with Crippen molar-refractivity contribution in [3.63, 3.8) is 0 Å². The number of nitrogens with one attached hydrogen (secondary N) is 1. The quantitative estimate of drug-likeness (QED) is 0.769. The van der Waals surface area contributed by atoms with Gasteiger partial charge in [-0.25, -0.2) is 13.1 Å². The van der Waals surface area contributed by atoms with Crippen LogP contribution in [-0.2, 0) is 16.6 Å². The Kier molecular flexibility index (Phi) is 6.45. The van der Waals surface area contributed by atoms with E-state index in [0.717, 1.165) is 12.8 Å². The minimum Gasteiger partial charge on any atom is -0.494 e. The van der Waals surface area contributed by atoms with E-state index in [1.807, 2.05) is 20.8 Å². The third-order valence-electron chi connectivity index (χ3n) is 3.17. The summed E-state index contributed by atoms with van der Waals surface area (Å²) in [6.45, 7) is 6.55. The summed E-state index contributed by atoms with van der Waals surface area (Å²) in [7, 11) is -3.51. The largest absolute Gasteiger partial charge is 0.494 e. The number of nitrogens with two attached hydrogens (primary N) is 1. The standard InChI is InChI=1S/C14H24N2O3S/c1-4-12(5-2)16-20(17,18)13-7-8-14(19-6-3)11(9-13)10-15/h7-9,12,16H,4-6,10,15H2,1-3H3. The molecular formula is C14H24N2O3S. The van der Waals surface area contributed by atoms with Gasteiger partial charge in [0.25, 0.3) is 0 Å². The van der Waals surface area contributed by atoms with Crippen LogP contribution in [0.3, 0.4) is 0 Å². The minimum atomic E-state index is -3.51. The van der Waals surface area contributed by atoms with Crippen LogP contribution in [0.2, 0.25) is 0 Å². The molecule has 0 bridgehead atoms. The maximum absolute atomic E-state index is 12.3. The second-order valence-corrected chi connectivity index (χ2v) is 6.26. The molecule has 0 unspecified atom stereocenters. The fourth-order valence-corrected chi connectivity index (χ4v) is 3.37. The van der Waals surface area contributed by atoms with E-state index in [2.05, 4.69) is 4.72 Å². The van der Waals surface area contributed by atoms with Gasteiger partial charge in [-0.05, 0) is 38.0 Å². The monoisotopic (exact) mass is 300 g/mol. The van der Waals surface area contributed by atoms with Gasteiger partial charge >= 0.3 is 0 Å². The van der Waals surface area contributed by atoms with E-state index in [1.165, 1.54) is 0 Å². The lowest BCUT2D eigenvalue weighted by Crippen LogP contribution is -2.33. The van der Waals surface area contributed by atoms with Crippen LogP contribution < -0.4 is 15.2 Å². The molecule has 0 aliphatic heterocycles. The van der Waals surface area contributed by atoms with Crippen molar-refractivity contribution in [3.8, 4) is 5.75 Å². The van der Waals surface area contributed by atoms with Crippen molar-refractivity contribution >= 4 is 10.0 Å². The smallest absolute Gasteiger partial charge is 0.240 e. The molecule has 1 aromatic rings. The van der Waals surface area contributed by atoms with Gasteiger partial charge in [0.1, 0.15) is 5.75 Å². The van der Waals surface area contributed by atoms with Crippen LogP contribution in [0.15, 0.2) is 23.1 Å². The average Bonchev–Trinajstić information content (AvgIpc) is 2.45. The molecule has 1 aromatic carbocycles. The first-order valence-corrected chi connectivity index (χ1v) is 8.44. The van der Waals surface area contributed by atoms with Crippen molar-refractivity contribution < 1.29 is 13.2 Å². The molecule has 0 saturated heterocycles. The lowest BCUT2D eigenvalue weighted by Gasteiger charge is -2.16. The van der Waals surface area contributed by atoms with Crippen LogP contribution in [0.1, 0.15) is 39.2 Å². The second-order valence-electron chi connectivity index (χ2n) is 4.54. The van der Waals surface area contributed by atoms with Gasteiger partial charge in [0, 0.05) is 18.2 Å². The minimum absolute atomic E-state index is 0.0482. The van der Waals surface area contributed by atoms with Gasteiger partial charge in [0.05, 0.1) is 11.5 Å². The predicted octanol–water partition coefficient (Wildman–Crippen LogP) is 2.01. The fraction of sp³-hybridized carbons (Fsp3) is 0.571. The van der Waals surface area contributed by atoms with Gasteiger partial charge in [-0.3, -0.25) is 0 Å².